The molecule has 6 heterocycles. The molecule has 0 atom stereocenters. The Bertz CT molecular complexity index is 263. The Hall–Kier alpha value is -6.74. The molecule has 120 valence electrons. The predicted molar refractivity (Wildman–Crippen MR) is 59.1 cm³/mol. The molecule has 6 fully saturated rings. The van der Waals surface area contributed by atoms with E-state index >= 15 is 0 Å². The number of hydrogen-bond donors (Lipinski definition) is 0. The Morgan fingerprint density at radius 2 is 0.250 bits per heavy atom. The number of hydrogen-bond acceptors (Lipinski definition) is 12. The predicted octanol–water partition coefficient (Wildman–Crippen LogP) is -3.87. The van der Waals surface area contributed by atoms with E-state index in [2.05, 4.69) is 0 Å². The fourth-order valence-corrected chi connectivity index (χ4v) is 20.8. The van der Waals surface area contributed by atoms with Crippen LogP contribution in [0.5, 0.6) is 0 Å². The van der Waals surface area contributed by atoms with Gasteiger partial charge in [0.05, 0.1) is 0 Å². The normalized spacial score (nSPS) is 25.7. The van der Waals surface area contributed by atoms with Gasteiger partial charge in [-0.2, -0.15) is 0 Å². The third-order valence-electron chi connectivity index (χ3n) is 2.00. The standard InChI is InChI=1S/O12Si8.8Rf/c1-13-2-15-6-17-4-14(1)5-18-7-16(3-13)9-19(8-15)12-20(10-17)11-18;;;;;;;;. The van der Waals surface area contributed by atoms with E-state index in [1.807, 2.05) is 0 Å². The van der Waals surface area contributed by atoms with Gasteiger partial charge >= 0.3 is 76.2 Å². The zero-order valence-electron chi connectivity index (χ0n) is 14.6. The summed E-state index contributed by atoms with van der Waals surface area (Å²) in [5.74, 6) is 0. The first-order valence-electron chi connectivity index (χ1n) is 4.90. The maximum atomic E-state index is 5.57. The minimum Gasteiger partial charge on any atom is -0.369 e. The Morgan fingerprint density at radius 3 is 0.321 bits per heavy atom. The average Bonchev–Trinajstić information content (AvgIpc) is 2.18. The van der Waals surface area contributed by atoms with Gasteiger partial charge in [-0.3, -0.25) is 0 Å². The molecule has 8 radical (unpaired) electrons. The molecular formula is O12Rf8Si8. The SMILES string of the molecule is O1[Si]2O[Si]3O[Si]4O[Si]1O[Si]1O[Si](O2)O[Si](O3)O[Si](O4)O1.[Rf].[Rf].[Rf].[Rf].[Rf].[Rf].[Rf].[Rf]. The van der Waals surface area contributed by atoms with Crippen molar-refractivity contribution in [1.82, 2.24) is 0 Å². The molecular weight excluding hydrogens is 2550 g/mol. The molecule has 6 saturated heterocycles. The van der Waals surface area contributed by atoms with Crippen LogP contribution >= 0.6 is 0 Å². The van der Waals surface area contributed by atoms with Crippen LogP contribution in [0.3, 0.4) is 0 Å². The van der Waals surface area contributed by atoms with E-state index in [1.54, 1.807) is 0 Å². The molecule has 28 heavy (non-hydrogen) atoms. The van der Waals surface area contributed by atoms with Crippen molar-refractivity contribution >= 4 is 76.2 Å². The monoisotopic (exact) mass is 2550 g/mol. The van der Waals surface area contributed by atoms with Gasteiger partial charge in [0.25, 0.3) is 0 Å². The van der Waals surface area contributed by atoms with Crippen molar-refractivity contribution < 1.29 is 49.4 Å². The molecule has 12 nitrogen and oxygen atoms in total. The summed E-state index contributed by atoms with van der Waals surface area (Å²) in [5.41, 5.74) is 0. The first kappa shape index (κ1) is 29.3. The van der Waals surface area contributed by atoms with E-state index < -0.39 is 76.2 Å². The topological polar surface area (TPSA) is 111 Å². The second-order valence-corrected chi connectivity index (χ2v) is 17.0. The van der Waals surface area contributed by atoms with E-state index in [1.165, 1.54) is 0 Å². The third-order valence-corrected chi connectivity index (χ3v) is 18.0. The summed E-state index contributed by atoms with van der Waals surface area (Å²) >= 11 is 0. The van der Waals surface area contributed by atoms with Crippen LogP contribution in [0, 0.1) is 0 Å². The molecule has 0 aromatic heterocycles. The summed E-state index contributed by atoms with van der Waals surface area (Å²) in [5, 5.41) is 0. The molecule has 6 rings (SSSR count). The smallest absolute Gasteiger partial charge is 0.369 e. The van der Waals surface area contributed by atoms with Crippen molar-refractivity contribution in [3.05, 3.63) is 0 Å². The molecule has 0 saturated carbocycles. The van der Waals surface area contributed by atoms with Crippen LogP contribution in [-0.4, -0.2) is 76.2 Å². The van der Waals surface area contributed by atoms with Crippen LogP contribution in [0.2, 0.25) is 0 Å². The minimum absolute atomic E-state index is 0. The summed E-state index contributed by atoms with van der Waals surface area (Å²) in [7, 11) is -17.5. The van der Waals surface area contributed by atoms with E-state index in [9.17, 15) is 0 Å². The Balaban J connectivity index is -0.000000360. The molecule has 0 N–H and O–H groups in total. The quantitative estimate of drug-likeness (QED) is 0.222. The molecule has 6 aliphatic rings. The van der Waals surface area contributed by atoms with Crippen molar-refractivity contribution in [3.8, 4) is 0 Å². The van der Waals surface area contributed by atoms with Crippen LogP contribution in [0.25, 0.3) is 0 Å². The fraction of sp³-hybridized carbons (Fsp3) is 0. The van der Waals surface area contributed by atoms with Gasteiger partial charge in [0.15, 0.2) is 0 Å². The first-order valence-corrected chi connectivity index (χ1v) is 14.7. The van der Waals surface area contributed by atoms with Crippen LogP contribution in [0.4, 0.5) is 0 Å². The van der Waals surface area contributed by atoms with Gasteiger partial charge in [0.2, 0.25) is 0 Å². The van der Waals surface area contributed by atoms with Gasteiger partial charge < -0.3 is 49.4 Å². The molecule has 6 aliphatic heterocycles. The molecule has 28 heteroatoms. The maximum Gasteiger partial charge on any atom is 0.553 e. The fourth-order valence-electron chi connectivity index (χ4n) is 1.32. The summed E-state index contributed by atoms with van der Waals surface area (Å²) in [6, 6.07) is 0. The Kier molecular flexibility index (Phi) is 9.18. The third kappa shape index (κ3) is 3.77. The second-order valence-electron chi connectivity index (χ2n) is 3.22. The minimum atomic E-state index is -2.18. The Morgan fingerprint density at radius 1 is 0.179 bits per heavy atom. The number of rotatable bonds is 0. The van der Waals surface area contributed by atoms with Crippen LogP contribution in [0.1, 0.15) is 0 Å². The van der Waals surface area contributed by atoms with E-state index in [0.29, 0.717) is 0 Å². The van der Waals surface area contributed by atoms with Crippen LogP contribution < -0.4 is 0 Å². The van der Waals surface area contributed by atoms with Crippen molar-refractivity contribution in [2.75, 3.05) is 0 Å². The van der Waals surface area contributed by atoms with Gasteiger partial charge in [-0.05, 0) is 0 Å². The van der Waals surface area contributed by atoms with Crippen LogP contribution in [-0.2, 0) is 49.4 Å². The Labute approximate surface area is 125 Å². The van der Waals surface area contributed by atoms with E-state index in [4.69, 9.17) is 49.4 Å². The molecule has 0 aliphatic carbocycles. The van der Waals surface area contributed by atoms with Gasteiger partial charge in [0, 0.05) is 0 Å². The molecule has 0 spiro atoms. The van der Waals surface area contributed by atoms with Crippen molar-refractivity contribution in [3.63, 3.8) is 0 Å². The molecule has 0 aromatic carbocycles. The summed E-state index contributed by atoms with van der Waals surface area (Å²) in [6.07, 6.45) is 0. The first-order chi connectivity index (χ1) is 9.80. The van der Waals surface area contributed by atoms with E-state index in [0.717, 1.165) is 0 Å². The largest absolute Gasteiger partial charge is 0.553 e. The zero-order valence-corrected chi connectivity index (χ0v) is 73.7. The molecule has 8 bridgehead atoms. The molecule has 0 aromatic rings. The van der Waals surface area contributed by atoms with Gasteiger partial charge in [0.1, 0.15) is 0 Å². The van der Waals surface area contributed by atoms with Gasteiger partial charge in [-0.1, -0.05) is 0 Å². The van der Waals surface area contributed by atoms with Crippen LogP contribution in [0.15, 0.2) is 0 Å². The van der Waals surface area contributed by atoms with Crippen molar-refractivity contribution in [2.45, 2.75) is 0 Å². The van der Waals surface area contributed by atoms with Gasteiger partial charge in [-0.15, -0.1) is 0 Å². The average molecular weight is 2550 g/mol. The second kappa shape index (κ2) is 8.77. The summed E-state index contributed by atoms with van der Waals surface area (Å²) < 4.78 is 66.9. The maximum absolute atomic E-state index is 5.57. The molecule has 0 amide bonds. The van der Waals surface area contributed by atoms with Crippen molar-refractivity contribution in [2.24, 2.45) is 0 Å². The summed E-state index contributed by atoms with van der Waals surface area (Å²) in [4.78, 5) is 0. The van der Waals surface area contributed by atoms with E-state index in [-0.39, 0.29) is 0 Å². The zero-order chi connectivity index (χ0) is 13.1. The summed E-state index contributed by atoms with van der Waals surface area (Å²) in [6.45, 7) is 0. The van der Waals surface area contributed by atoms with Gasteiger partial charge in [-0.25, -0.2) is 0 Å². The van der Waals surface area contributed by atoms with Crippen molar-refractivity contribution in [1.29, 1.82) is 0 Å². The molecule has 0 unspecified atom stereocenters.